The fourth-order valence-corrected chi connectivity index (χ4v) is 2.48. The molecule has 0 aliphatic carbocycles. The summed E-state index contributed by atoms with van der Waals surface area (Å²) in [7, 11) is 0. The average Bonchev–Trinajstić information content (AvgIpc) is 2.28. The van der Waals surface area contributed by atoms with Crippen LogP contribution in [0.4, 0.5) is 0 Å². The Morgan fingerprint density at radius 1 is 0.625 bits per heavy atom. The summed E-state index contributed by atoms with van der Waals surface area (Å²) >= 11 is 4.68. The zero-order valence-electron chi connectivity index (χ0n) is 11.5. The molecule has 0 aromatic heterocycles. The molecular weight excluding hydrogens is 212 g/mol. The van der Waals surface area contributed by atoms with Gasteiger partial charge in [-0.3, -0.25) is 0 Å². The van der Waals surface area contributed by atoms with Crippen LogP contribution in [0.2, 0.25) is 0 Å². The summed E-state index contributed by atoms with van der Waals surface area (Å²) in [6.45, 7) is 4.55. The molecule has 0 saturated carbocycles. The molecule has 0 aromatic rings. The highest BCUT2D eigenvalue weighted by Crippen LogP contribution is 2.17. The van der Waals surface area contributed by atoms with Gasteiger partial charge in [0.1, 0.15) is 0 Å². The Bertz CT molecular complexity index is 109. The Balaban J connectivity index is 3.09. The molecule has 16 heavy (non-hydrogen) atoms. The van der Waals surface area contributed by atoms with Crippen LogP contribution in [0, 0.1) is 0 Å². The molecule has 0 aliphatic rings. The standard InChI is InChI=1S/C15H32S/c1-3-5-7-9-11-13-15(16)14-12-10-8-6-4-2/h15-16H,3-14H2,1-2H3. The summed E-state index contributed by atoms with van der Waals surface area (Å²) in [5, 5.41) is 0.670. The molecule has 0 amide bonds. The third-order valence-electron chi connectivity index (χ3n) is 3.28. The lowest BCUT2D eigenvalue weighted by molar-refractivity contribution is 0.552. The van der Waals surface area contributed by atoms with E-state index < -0.39 is 0 Å². The fourth-order valence-electron chi connectivity index (χ4n) is 2.11. The van der Waals surface area contributed by atoms with Crippen LogP contribution in [-0.2, 0) is 0 Å². The van der Waals surface area contributed by atoms with Crippen LogP contribution in [-0.4, -0.2) is 5.25 Å². The van der Waals surface area contributed by atoms with E-state index in [-0.39, 0.29) is 0 Å². The predicted octanol–water partition coefficient (Wildman–Crippen LogP) is 6.01. The maximum Gasteiger partial charge on any atom is 0.00168 e. The summed E-state index contributed by atoms with van der Waals surface area (Å²) in [5.74, 6) is 0. The molecule has 0 fully saturated rings. The van der Waals surface area contributed by atoms with Crippen molar-refractivity contribution in [3.05, 3.63) is 0 Å². The molecule has 0 N–H and O–H groups in total. The Labute approximate surface area is 109 Å². The van der Waals surface area contributed by atoms with Gasteiger partial charge >= 0.3 is 0 Å². The van der Waals surface area contributed by atoms with Gasteiger partial charge in [0.15, 0.2) is 0 Å². The molecular formula is C15H32S. The summed E-state index contributed by atoms with van der Waals surface area (Å²) in [4.78, 5) is 0. The highest BCUT2D eigenvalue weighted by molar-refractivity contribution is 7.80. The molecule has 0 bridgehead atoms. The van der Waals surface area contributed by atoms with E-state index in [4.69, 9.17) is 0 Å². The molecule has 0 saturated heterocycles. The van der Waals surface area contributed by atoms with Crippen molar-refractivity contribution in [1.82, 2.24) is 0 Å². The minimum absolute atomic E-state index is 0.670. The van der Waals surface area contributed by atoms with Gasteiger partial charge in [0.05, 0.1) is 0 Å². The van der Waals surface area contributed by atoms with Crippen LogP contribution in [0.3, 0.4) is 0 Å². The lowest BCUT2D eigenvalue weighted by atomic mass is 10.0. The minimum Gasteiger partial charge on any atom is -0.176 e. The SMILES string of the molecule is CCCCCCCC(S)CCCCCCC. The van der Waals surface area contributed by atoms with Gasteiger partial charge in [0, 0.05) is 5.25 Å². The molecule has 0 aromatic carbocycles. The Kier molecular flexibility index (Phi) is 13.7. The number of hydrogen-bond donors (Lipinski definition) is 1. The molecule has 0 rings (SSSR count). The molecule has 0 spiro atoms. The molecule has 98 valence electrons. The van der Waals surface area contributed by atoms with Crippen LogP contribution in [0.15, 0.2) is 0 Å². The monoisotopic (exact) mass is 244 g/mol. The van der Waals surface area contributed by atoms with Crippen molar-refractivity contribution in [2.45, 2.75) is 96.1 Å². The summed E-state index contributed by atoms with van der Waals surface area (Å²) < 4.78 is 0. The van der Waals surface area contributed by atoms with Crippen molar-refractivity contribution in [3.8, 4) is 0 Å². The normalized spacial score (nSPS) is 11.2. The second-order valence-electron chi connectivity index (χ2n) is 5.06. The largest absolute Gasteiger partial charge is 0.176 e. The van der Waals surface area contributed by atoms with Gasteiger partial charge in [-0.25, -0.2) is 0 Å². The van der Waals surface area contributed by atoms with E-state index in [2.05, 4.69) is 26.5 Å². The first-order valence-corrected chi connectivity index (χ1v) is 8.01. The van der Waals surface area contributed by atoms with E-state index in [1.165, 1.54) is 77.0 Å². The Morgan fingerprint density at radius 3 is 1.38 bits per heavy atom. The van der Waals surface area contributed by atoms with Crippen molar-refractivity contribution >= 4 is 12.6 Å². The number of hydrogen-bond acceptors (Lipinski definition) is 1. The average molecular weight is 244 g/mol. The first-order chi connectivity index (χ1) is 7.81. The molecule has 0 nitrogen and oxygen atoms in total. The smallest absolute Gasteiger partial charge is 0.00168 e. The number of unbranched alkanes of at least 4 members (excludes halogenated alkanes) is 8. The van der Waals surface area contributed by atoms with E-state index in [1.807, 2.05) is 0 Å². The van der Waals surface area contributed by atoms with Gasteiger partial charge in [0.2, 0.25) is 0 Å². The van der Waals surface area contributed by atoms with Crippen molar-refractivity contribution in [3.63, 3.8) is 0 Å². The number of thiol groups is 1. The maximum absolute atomic E-state index is 4.68. The molecule has 0 atom stereocenters. The van der Waals surface area contributed by atoms with Gasteiger partial charge in [-0.1, -0.05) is 78.1 Å². The second kappa shape index (κ2) is 13.4. The lowest BCUT2D eigenvalue weighted by Crippen LogP contribution is -1.98. The predicted molar refractivity (Wildman–Crippen MR) is 79.5 cm³/mol. The van der Waals surface area contributed by atoms with Crippen molar-refractivity contribution in [2.24, 2.45) is 0 Å². The lowest BCUT2D eigenvalue weighted by Gasteiger charge is -2.10. The highest BCUT2D eigenvalue weighted by Gasteiger charge is 2.02. The third kappa shape index (κ3) is 12.4. The molecule has 1 heteroatoms. The van der Waals surface area contributed by atoms with E-state index in [0.717, 1.165) is 0 Å². The van der Waals surface area contributed by atoms with Gasteiger partial charge < -0.3 is 0 Å². The first kappa shape index (κ1) is 16.4. The van der Waals surface area contributed by atoms with Gasteiger partial charge in [-0.15, -0.1) is 0 Å². The third-order valence-corrected chi connectivity index (χ3v) is 3.80. The maximum atomic E-state index is 4.68. The van der Waals surface area contributed by atoms with E-state index in [1.54, 1.807) is 0 Å². The second-order valence-corrected chi connectivity index (χ2v) is 5.79. The highest BCUT2D eigenvalue weighted by atomic mass is 32.1. The fraction of sp³-hybridized carbons (Fsp3) is 1.00. The zero-order chi connectivity index (χ0) is 12.1. The Hall–Kier alpha value is 0.350. The number of rotatable bonds is 12. The molecule has 0 radical (unpaired) electrons. The topological polar surface area (TPSA) is 0 Å². The summed E-state index contributed by atoms with van der Waals surface area (Å²) in [6.07, 6.45) is 16.7. The van der Waals surface area contributed by atoms with Crippen molar-refractivity contribution in [2.75, 3.05) is 0 Å². The van der Waals surface area contributed by atoms with Gasteiger partial charge in [-0.2, -0.15) is 12.6 Å². The molecule has 0 unspecified atom stereocenters. The zero-order valence-corrected chi connectivity index (χ0v) is 12.4. The van der Waals surface area contributed by atoms with Crippen LogP contribution >= 0.6 is 12.6 Å². The van der Waals surface area contributed by atoms with E-state index >= 15 is 0 Å². The Morgan fingerprint density at radius 2 is 1.00 bits per heavy atom. The van der Waals surface area contributed by atoms with Crippen LogP contribution < -0.4 is 0 Å². The van der Waals surface area contributed by atoms with E-state index in [9.17, 15) is 0 Å². The van der Waals surface area contributed by atoms with Crippen LogP contribution in [0.25, 0.3) is 0 Å². The quantitative estimate of drug-likeness (QED) is 0.315. The van der Waals surface area contributed by atoms with E-state index in [0.29, 0.717) is 5.25 Å². The summed E-state index contributed by atoms with van der Waals surface area (Å²) in [5.41, 5.74) is 0. The van der Waals surface area contributed by atoms with Crippen LogP contribution in [0.5, 0.6) is 0 Å². The van der Waals surface area contributed by atoms with Gasteiger partial charge in [-0.05, 0) is 12.8 Å². The minimum atomic E-state index is 0.670. The first-order valence-electron chi connectivity index (χ1n) is 7.49. The molecule has 0 aliphatic heterocycles. The molecule has 0 heterocycles. The van der Waals surface area contributed by atoms with Crippen LogP contribution in [0.1, 0.15) is 90.9 Å². The van der Waals surface area contributed by atoms with Crippen molar-refractivity contribution in [1.29, 1.82) is 0 Å². The van der Waals surface area contributed by atoms with Crippen molar-refractivity contribution < 1.29 is 0 Å². The summed E-state index contributed by atoms with van der Waals surface area (Å²) in [6, 6.07) is 0. The van der Waals surface area contributed by atoms with Gasteiger partial charge in [0.25, 0.3) is 0 Å².